The van der Waals surface area contributed by atoms with Crippen LogP contribution in [0.2, 0.25) is 0 Å². The first-order valence-electron chi connectivity index (χ1n) is 7.81. The molecule has 3 heterocycles. The molecule has 0 aliphatic carbocycles. The van der Waals surface area contributed by atoms with E-state index in [2.05, 4.69) is 10.4 Å². The smallest absolute Gasteiger partial charge is 0.250 e. The van der Waals surface area contributed by atoms with Crippen molar-refractivity contribution in [2.24, 2.45) is 7.05 Å². The lowest BCUT2D eigenvalue weighted by molar-refractivity contribution is -0.119. The molecule has 1 aromatic rings. The number of ether oxygens (including phenoxy) is 2. The molecular formula is C16H23N3O3. The van der Waals surface area contributed by atoms with Crippen LogP contribution in [0.25, 0.3) is 0 Å². The Balaban J connectivity index is 1.74. The monoisotopic (exact) mass is 305 g/mol. The zero-order chi connectivity index (χ0) is 15.7. The SMILES string of the molecule is CC1=C(C(=O)N[C@H]2CCO[C@@H]2c2cnn(C)c2C)CCCO1. The van der Waals surface area contributed by atoms with E-state index in [1.54, 1.807) is 0 Å². The number of allylic oxidation sites excluding steroid dienone is 1. The highest BCUT2D eigenvalue weighted by Gasteiger charge is 2.34. The molecule has 0 unspecified atom stereocenters. The number of nitrogens with one attached hydrogen (secondary N) is 1. The average molecular weight is 305 g/mol. The van der Waals surface area contributed by atoms with E-state index >= 15 is 0 Å². The summed E-state index contributed by atoms with van der Waals surface area (Å²) in [6.45, 7) is 5.23. The summed E-state index contributed by atoms with van der Waals surface area (Å²) in [4.78, 5) is 12.5. The Bertz CT molecular complexity index is 606. The highest BCUT2D eigenvalue weighted by atomic mass is 16.5. The summed E-state index contributed by atoms with van der Waals surface area (Å²) in [5.74, 6) is 0.719. The molecule has 0 bridgehead atoms. The Morgan fingerprint density at radius 3 is 2.91 bits per heavy atom. The van der Waals surface area contributed by atoms with Gasteiger partial charge < -0.3 is 14.8 Å². The van der Waals surface area contributed by atoms with Crippen LogP contribution in [0.3, 0.4) is 0 Å². The van der Waals surface area contributed by atoms with Gasteiger partial charge in [-0.05, 0) is 33.1 Å². The minimum Gasteiger partial charge on any atom is -0.498 e. The topological polar surface area (TPSA) is 65.4 Å². The van der Waals surface area contributed by atoms with Crippen LogP contribution >= 0.6 is 0 Å². The molecule has 2 atom stereocenters. The van der Waals surface area contributed by atoms with Gasteiger partial charge >= 0.3 is 0 Å². The zero-order valence-electron chi connectivity index (χ0n) is 13.4. The molecule has 2 aliphatic heterocycles. The zero-order valence-corrected chi connectivity index (χ0v) is 13.4. The molecule has 6 heteroatoms. The van der Waals surface area contributed by atoms with Crippen molar-refractivity contribution in [3.63, 3.8) is 0 Å². The molecule has 0 radical (unpaired) electrons. The lowest BCUT2D eigenvalue weighted by Crippen LogP contribution is -2.38. The molecule has 3 rings (SSSR count). The molecule has 1 amide bonds. The first-order chi connectivity index (χ1) is 10.6. The van der Waals surface area contributed by atoms with Crippen molar-refractivity contribution < 1.29 is 14.3 Å². The largest absolute Gasteiger partial charge is 0.498 e. The van der Waals surface area contributed by atoms with Crippen LogP contribution in [0.1, 0.15) is 43.5 Å². The van der Waals surface area contributed by atoms with Crippen LogP contribution in [0.5, 0.6) is 0 Å². The van der Waals surface area contributed by atoms with Crippen molar-refractivity contribution in [3.05, 3.63) is 28.8 Å². The van der Waals surface area contributed by atoms with Gasteiger partial charge in [-0.2, -0.15) is 5.10 Å². The summed E-state index contributed by atoms with van der Waals surface area (Å²) in [6, 6.07) is -0.0161. The molecule has 0 spiro atoms. The Morgan fingerprint density at radius 2 is 2.23 bits per heavy atom. The van der Waals surface area contributed by atoms with Crippen LogP contribution in [-0.2, 0) is 21.3 Å². The molecule has 6 nitrogen and oxygen atoms in total. The molecular weight excluding hydrogens is 282 g/mol. The van der Waals surface area contributed by atoms with E-state index in [1.807, 2.05) is 31.8 Å². The first kappa shape index (κ1) is 15.1. The number of carbonyl (C=O) groups is 1. The van der Waals surface area contributed by atoms with Gasteiger partial charge in [0.2, 0.25) is 0 Å². The van der Waals surface area contributed by atoms with E-state index in [-0.39, 0.29) is 18.1 Å². The quantitative estimate of drug-likeness (QED) is 0.924. The van der Waals surface area contributed by atoms with Crippen molar-refractivity contribution in [2.75, 3.05) is 13.2 Å². The Kier molecular flexibility index (Phi) is 4.20. The van der Waals surface area contributed by atoms with E-state index in [0.29, 0.717) is 13.2 Å². The van der Waals surface area contributed by atoms with E-state index in [9.17, 15) is 4.79 Å². The maximum Gasteiger partial charge on any atom is 0.250 e. The Hall–Kier alpha value is -1.82. The maximum atomic E-state index is 12.5. The minimum atomic E-state index is -0.122. The highest BCUT2D eigenvalue weighted by molar-refractivity contribution is 5.94. The molecule has 1 aromatic heterocycles. The third-order valence-corrected chi connectivity index (χ3v) is 4.58. The molecule has 1 saturated heterocycles. The molecule has 1 fully saturated rings. The van der Waals surface area contributed by atoms with Gasteiger partial charge in [-0.15, -0.1) is 0 Å². The van der Waals surface area contributed by atoms with Crippen LogP contribution in [0, 0.1) is 6.92 Å². The fourth-order valence-electron chi connectivity index (χ4n) is 3.11. The van der Waals surface area contributed by atoms with E-state index in [0.717, 1.165) is 41.9 Å². The predicted molar refractivity (Wildman–Crippen MR) is 81.1 cm³/mol. The normalized spacial score (nSPS) is 25.2. The molecule has 0 saturated carbocycles. The predicted octanol–water partition coefficient (Wildman–Crippen LogP) is 1.76. The second-order valence-corrected chi connectivity index (χ2v) is 5.96. The van der Waals surface area contributed by atoms with Crippen molar-refractivity contribution in [3.8, 4) is 0 Å². The van der Waals surface area contributed by atoms with Gasteiger partial charge in [-0.1, -0.05) is 0 Å². The van der Waals surface area contributed by atoms with Crippen molar-refractivity contribution >= 4 is 5.91 Å². The van der Waals surface area contributed by atoms with E-state index in [1.165, 1.54) is 0 Å². The number of aryl methyl sites for hydroxylation is 1. The summed E-state index contributed by atoms with van der Waals surface area (Å²) in [5, 5.41) is 7.40. The molecule has 120 valence electrons. The second kappa shape index (κ2) is 6.12. The van der Waals surface area contributed by atoms with Gasteiger partial charge in [-0.3, -0.25) is 9.48 Å². The Labute approximate surface area is 130 Å². The summed E-state index contributed by atoms with van der Waals surface area (Å²) < 4.78 is 13.2. The second-order valence-electron chi connectivity index (χ2n) is 5.96. The van der Waals surface area contributed by atoms with Gasteiger partial charge in [-0.25, -0.2) is 0 Å². The lowest BCUT2D eigenvalue weighted by Gasteiger charge is -2.23. The third-order valence-electron chi connectivity index (χ3n) is 4.58. The maximum absolute atomic E-state index is 12.5. The van der Waals surface area contributed by atoms with Crippen LogP contribution < -0.4 is 5.32 Å². The number of hydrogen-bond donors (Lipinski definition) is 1. The van der Waals surface area contributed by atoms with Crippen LogP contribution in [-0.4, -0.2) is 34.9 Å². The fraction of sp³-hybridized carbons (Fsp3) is 0.625. The van der Waals surface area contributed by atoms with Gasteiger partial charge in [0.1, 0.15) is 11.9 Å². The molecule has 1 N–H and O–H groups in total. The van der Waals surface area contributed by atoms with E-state index in [4.69, 9.17) is 9.47 Å². The summed E-state index contributed by atoms with van der Waals surface area (Å²) in [5.41, 5.74) is 2.89. The van der Waals surface area contributed by atoms with Gasteiger partial charge in [0, 0.05) is 24.9 Å². The fourth-order valence-corrected chi connectivity index (χ4v) is 3.11. The van der Waals surface area contributed by atoms with Crippen LogP contribution in [0.15, 0.2) is 17.5 Å². The summed E-state index contributed by atoms with van der Waals surface area (Å²) >= 11 is 0. The van der Waals surface area contributed by atoms with Crippen molar-refractivity contribution in [1.82, 2.24) is 15.1 Å². The summed E-state index contributed by atoms with van der Waals surface area (Å²) in [6.07, 6.45) is 4.20. The number of amides is 1. The van der Waals surface area contributed by atoms with Crippen molar-refractivity contribution in [1.29, 1.82) is 0 Å². The van der Waals surface area contributed by atoms with Gasteiger partial charge in [0.25, 0.3) is 5.91 Å². The van der Waals surface area contributed by atoms with Crippen molar-refractivity contribution in [2.45, 2.75) is 45.3 Å². The molecule has 2 aliphatic rings. The number of aromatic nitrogens is 2. The molecule has 22 heavy (non-hydrogen) atoms. The number of nitrogens with zero attached hydrogens (tertiary/aromatic N) is 2. The highest BCUT2D eigenvalue weighted by Crippen LogP contribution is 2.31. The van der Waals surface area contributed by atoms with Gasteiger partial charge in [0.15, 0.2) is 0 Å². The minimum absolute atomic E-state index is 0.0161. The van der Waals surface area contributed by atoms with E-state index < -0.39 is 0 Å². The number of hydrogen-bond acceptors (Lipinski definition) is 4. The first-order valence-corrected chi connectivity index (χ1v) is 7.81. The van der Waals surface area contributed by atoms with Gasteiger partial charge in [0.05, 0.1) is 24.4 Å². The average Bonchev–Trinajstić information content (AvgIpc) is 3.07. The lowest BCUT2D eigenvalue weighted by atomic mass is 10.0. The number of carbonyl (C=O) groups excluding carboxylic acids is 1. The van der Waals surface area contributed by atoms with Crippen LogP contribution in [0.4, 0.5) is 0 Å². The third kappa shape index (κ3) is 2.75. The summed E-state index contributed by atoms with van der Waals surface area (Å²) in [7, 11) is 1.91. The standard InChI is InChI=1S/C16H23N3O3/c1-10-13(9-17-19(10)3)15-14(6-8-22-15)18-16(20)12-5-4-7-21-11(12)2/h9,14-15H,4-8H2,1-3H3,(H,18,20)/t14-,15+/m0/s1. The number of rotatable bonds is 3. The Morgan fingerprint density at radius 1 is 1.41 bits per heavy atom. The molecule has 0 aromatic carbocycles.